The van der Waals surface area contributed by atoms with Crippen molar-refractivity contribution in [3.63, 3.8) is 0 Å². The summed E-state index contributed by atoms with van der Waals surface area (Å²) in [6.07, 6.45) is 0. The second-order valence-corrected chi connectivity index (χ2v) is 5.21. The SMILES string of the molecule is Cc1ccccc1COC(=O)CNC(=O)c1ccc(Cl)cc1. The molecule has 0 bridgehead atoms. The maximum absolute atomic E-state index is 11.8. The minimum Gasteiger partial charge on any atom is -0.459 e. The zero-order valence-electron chi connectivity index (χ0n) is 12.1. The van der Waals surface area contributed by atoms with Crippen molar-refractivity contribution in [3.8, 4) is 0 Å². The Morgan fingerprint density at radius 3 is 2.45 bits per heavy atom. The van der Waals surface area contributed by atoms with E-state index in [0.29, 0.717) is 10.6 Å². The third-order valence-electron chi connectivity index (χ3n) is 3.15. The minimum atomic E-state index is -0.481. The van der Waals surface area contributed by atoms with Gasteiger partial charge in [-0.2, -0.15) is 0 Å². The molecule has 4 nitrogen and oxygen atoms in total. The topological polar surface area (TPSA) is 55.4 Å². The lowest BCUT2D eigenvalue weighted by Gasteiger charge is -2.08. The van der Waals surface area contributed by atoms with Crippen LogP contribution >= 0.6 is 11.6 Å². The summed E-state index contributed by atoms with van der Waals surface area (Å²) in [6, 6.07) is 14.1. The van der Waals surface area contributed by atoms with E-state index in [2.05, 4.69) is 5.32 Å². The van der Waals surface area contributed by atoms with E-state index in [0.717, 1.165) is 11.1 Å². The van der Waals surface area contributed by atoms with Gasteiger partial charge in [0.1, 0.15) is 13.2 Å². The Bertz CT molecular complexity index is 668. The fourth-order valence-electron chi connectivity index (χ4n) is 1.84. The van der Waals surface area contributed by atoms with E-state index in [-0.39, 0.29) is 19.1 Å². The van der Waals surface area contributed by atoms with Crippen LogP contribution in [0.4, 0.5) is 0 Å². The van der Waals surface area contributed by atoms with E-state index in [1.807, 2.05) is 31.2 Å². The molecule has 114 valence electrons. The van der Waals surface area contributed by atoms with E-state index in [4.69, 9.17) is 16.3 Å². The molecule has 2 aromatic carbocycles. The molecule has 0 spiro atoms. The Morgan fingerprint density at radius 1 is 1.09 bits per heavy atom. The molecule has 1 N–H and O–H groups in total. The molecule has 0 aromatic heterocycles. The number of aryl methyl sites for hydroxylation is 1. The predicted molar refractivity (Wildman–Crippen MR) is 84.8 cm³/mol. The number of nitrogens with one attached hydrogen (secondary N) is 1. The van der Waals surface area contributed by atoms with Crippen LogP contribution in [0.5, 0.6) is 0 Å². The molecular weight excluding hydrogens is 302 g/mol. The van der Waals surface area contributed by atoms with Crippen molar-refractivity contribution >= 4 is 23.5 Å². The predicted octanol–water partition coefficient (Wildman–Crippen LogP) is 3.12. The minimum absolute atomic E-state index is 0.173. The Hall–Kier alpha value is -2.33. The van der Waals surface area contributed by atoms with Crippen LogP contribution < -0.4 is 5.32 Å². The third kappa shape index (κ3) is 4.60. The Morgan fingerprint density at radius 2 is 1.77 bits per heavy atom. The molecule has 0 unspecified atom stereocenters. The van der Waals surface area contributed by atoms with Crippen LogP contribution in [-0.2, 0) is 16.1 Å². The number of ether oxygens (including phenoxy) is 1. The van der Waals surface area contributed by atoms with Crippen LogP contribution in [0.3, 0.4) is 0 Å². The highest BCUT2D eigenvalue weighted by molar-refractivity contribution is 6.30. The highest BCUT2D eigenvalue weighted by atomic mass is 35.5. The maximum Gasteiger partial charge on any atom is 0.325 e. The zero-order valence-corrected chi connectivity index (χ0v) is 12.9. The lowest BCUT2D eigenvalue weighted by molar-refractivity contribution is -0.143. The molecule has 2 aromatic rings. The Kier molecular flexibility index (Phi) is 5.55. The van der Waals surface area contributed by atoms with Gasteiger partial charge in [-0.05, 0) is 42.3 Å². The smallest absolute Gasteiger partial charge is 0.325 e. The average molecular weight is 318 g/mol. The number of carbonyl (C=O) groups excluding carboxylic acids is 2. The number of amides is 1. The van der Waals surface area contributed by atoms with Gasteiger partial charge >= 0.3 is 5.97 Å². The molecule has 5 heteroatoms. The molecule has 0 saturated carbocycles. The normalized spacial score (nSPS) is 10.1. The second kappa shape index (κ2) is 7.61. The van der Waals surface area contributed by atoms with Gasteiger partial charge in [-0.3, -0.25) is 9.59 Å². The monoisotopic (exact) mass is 317 g/mol. The Balaban J connectivity index is 1.79. The molecular formula is C17H16ClNO3. The van der Waals surface area contributed by atoms with Gasteiger partial charge < -0.3 is 10.1 Å². The van der Waals surface area contributed by atoms with Crippen LogP contribution in [0, 0.1) is 6.92 Å². The number of carbonyl (C=O) groups is 2. The van der Waals surface area contributed by atoms with Gasteiger partial charge in [0, 0.05) is 10.6 Å². The number of hydrogen-bond donors (Lipinski definition) is 1. The van der Waals surface area contributed by atoms with E-state index < -0.39 is 5.97 Å². The molecule has 0 heterocycles. The molecule has 0 aliphatic rings. The van der Waals surface area contributed by atoms with Gasteiger partial charge in [-0.25, -0.2) is 0 Å². The number of hydrogen-bond acceptors (Lipinski definition) is 3. The summed E-state index contributed by atoms with van der Waals surface area (Å²) in [4.78, 5) is 23.5. The van der Waals surface area contributed by atoms with E-state index in [1.165, 1.54) is 0 Å². The lowest BCUT2D eigenvalue weighted by Crippen LogP contribution is -2.30. The molecule has 0 aliphatic carbocycles. The van der Waals surface area contributed by atoms with E-state index in [9.17, 15) is 9.59 Å². The van der Waals surface area contributed by atoms with Crippen molar-refractivity contribution in [1.82, 2.24) is 5.32 Å². The van der Waals surface area contributed by atoms with Gasteiger partial charge in [0.15, 0.2) is 0 Å². The molecule has 1 amide bonds. The van der Waals surface area contributed by atoms with Crippen LogP contribution in [0.1, 0.15) is 21.5 Å². The summed E-state index contributed by atoms with van der Waals surface area (Å²) in [7, 11) is 0. The standard InChI is InChI=1S/C17H16ClNO3/c1-12-4-2-3-5-14(12)11-22-16(20)10-19-17(21)13-6-8-15(18)9-7-13/h2-9H,10-11H2,1H3,(H,19,21). The Labute approximate surface area is 134 Å². The highest BCUT2D eigenvalue weighted by Crippen LogP contribution is 2.10. The summed E-state index contributed by atoms with van der Waals surface area (Å²) in [6.45, 7) is 1.97. The van der Waals surface area contributed by atoms with Gasteiger partial charge in [-0.1, -0.05) is 35.9 Å². The van der Waals surface area contributed by atoms with Crippen molar-refractivity contribution in [2.75, 3.05) is 6.54 Å². The van der Waals surface area contributed by atoms with Gasteiger partial charge in [0.25, 0.3) is 5.91 Å². The van der Waals surface area contributed by atoms with Gasteiger partial charge in [-0.15, -0.1) is 0 Å². The van der Waals surface area contributed by atoms with Crippen molar-refractivity contribution in [2.45, 2.75) is 13.5 Å². The van der Waals surface area contributed by atoms with Gasteiger partial charge in [0.2, 0.25) is 0 Å². The lowest BCUT2D eigenvalue weighted by atomic mass is 10.1. The number of esters is 1. The first kappa shape index (κ1) is 16.0. The first-order valence-electron chi connectivity index (χ1n) is 6.80. The van der Waals surface area contributed by atoms with Gasteiger partial charge in [0.05, 0.1) is 0 Å². The number of benzene rings is 2. The summed E-state index contributed by atoms with van der Waals surface area (Å²) >= 11 is 5.75. The zero-order chi connectivity index (χ0) is 15.9. The fraction of sp³-hybridized carbons (Fsp3) is 0.176. The van der Waals surface area contributed by atoms with Crippen LogP contribution in [0.2, 0.25) is 5.02 Å². The molecule has 0 fully saturated rings. The summed E-state index contributed by atoms with van der Waals surface area (Å²) in [5, 5.41) is 3.06. The molecule has 0 radical (unpaired) electrons. The maximum atomic E-state index is 11.8. The fourth-order valence-corrected chi connectivity index (χ4v) is 1.96. The molecule has 0 saturated heterocycles. The van der Waals surface area contributed by atoms with Crippen LogP contribution in [0.25, 0.3) is 0 Å². The number of halogens is 1. The summed E-state index contributed by atoms with van der Waals surface area (Å²) in [5.41, 5.74) is 2.44. The van der Waals surface area contributed by atoms with Crippen molar-refractivity contribution in [3.05, 3.63) is 70.2 Å². The summed E-state index contributed by atoms with van der Waals surface area (Å²) < 4.78 is 5.14. The van der Waals surface area contributed by atoms with Crippen molar-refractivity contribution < 1.29 is 14.3 Å². The molecule has 0 atom stereocenters. The quantitative estimate of drug-likeness (QED) is 0.862. The third-order valence-corrected chi connectivity index (χ3v) is 3.40. The average Bonchev–Trinajstić information content (AvgIpc) is 2.52. The highest BCUT2D eigenvalue weighted by Gasteiger charge is 2.09. The number of rotatable bonds is 5. The van der Waals surface area contributed by atoms with Crippen molar-refractivity contribution in [1.29, 1.82) is 0 Å². The summed E-state index contributed by atoms with van der Waals surface area (Å²) in [5.74, 6) is -0.824. The second-order valence-electron chi connectivity index (χ2n) is 4.78. The molecule has 22 heavy (non-hydrogen) atoms. The molecule has 2 rings (SSSR count). The van der Waals surface area contributed by atoms with E-state index >= 15 is 0 Å². The van der Waals surface area contributed by atoms with Crippen LogP contribution in [-0.4, -0.2) is 18.4 Å². The van der Waals surface area contributed by atoms with E-state index in [1.54, 1.807) is 24.3 Å². The van der Waals surface area contributed by atoms with Crippen LogP contribution in [0.15, 0.2) is 48.5 Å². The first-order valence-corrected chi connectivity index (χ1v) is 7.18. The van der Waals surface area contributed by atoms with Crippen molar-refractivity contribution in [2.24, 2.45) is 0 Å². The largest absolute Gasteiger partial charge is 0.459 e. The first-order chi connectivity index (χ1) is 10.6. The molecule has 0 aliphatic heterocycles.